The van der Waals surface area contributed by atoms with Crippen LogP contribution in [-0.2, 0) is 29.1 Å². The number of halogens is 5. The lowest BCUT2D eigenvalue weighted by atomic mass is 10.1. The van der Waals surface area contributed by atoms with E-state index in [-0.39, 0.29) is 33.3 Å². The van der Waals surface area contributed by atoms with Gasteiger partial charge in [-0.15, -0.1) is 0 Å². The van der Waals surface area contributed by atoms with E-state index >= 15 is 0 Å². The summed E-state index contributed by atoms with van der Waals surface area (Å²) in [6, 6.07) is 12.0. The zero-order valence-corrected chi connectivity index (χ0v) is 20.9. The highest BCUT2D eigenvalue weighted by atomic mass is 35.5. The molecule has 0 aliphatic rings. The molecule has 0 heterocycles. The van der Waals surface area contributed by atoms with E-state index in [1.165, 1.54) is 25.1 Å². The summed E-state index contributed by atoms with van der Waals surface area (Å²) < 4.78 is 77.9. The van der Waals surface area contributed by atoms with Crippen molar-refractivity contribution in [2.75, 3.05) is 5.75 Å². The number of benzene rings is 3. The number of rotatable bonds is 8. The van der Waals surface area contributed by atoms with Gasteiger partial charge in [-0.25, -0.2) is 12.8 Å². The quantitative estimate of drug-likeness (QED) is 0.375. The van der Waals surface area contributed by atoms with Crippen LogP contribution in [0, 0.1) is 5.82 Å². The van der Waals surface area contributed by atoms with E-state index in [1.54, 1.807) is 12.1 Å². The Morgan fingerprint density at radius 2 is 1.54 bits per heavy atom. The first kappa shape index (κ1) is 28.1. The summed E-state index contributed by atoms with van der Waals surface area (Å²) in [4.78, 5) is 25.2. The molecule has 3 aromatic rings. The van der Waals surface area contributed by atoms with Gasteiger partial charge in [0.2, 0.25) is 0 Å². The van der Waals surface area contributed by atoms with E-state index in [0.29, 0.717) is 5.56 Å². The molecule has 0 fully saturated rings. The number of hydrogen-bond donors (Lipinski definition) is 2. The molecule has 0 saturated heterocycles. The summed E-state index contributed by atoms with van der Waals surface area (Å²) in [5.41, 5.74) is -1.28. The van der Waals surface area contributed by atoms with Crippen LogP contribution in [0.1, 0.15) is 44.3 Å². The van der Waals surface area contributed by atoms with Crippen LogP contribution in [0.2, 0.25) is 5.02 Å². The van der Waals surface area contributed by atoms with Crippen molar-refractivity contribution in [1.29, 1.82) is 0 Å². The Hall–Kier alpha value is -3.44. The number of hydrogen-bond acceptors (Lipinski definition) is 4. The van der Waals surface area contributed by atoms with E-state index in [0.717, 1.165) is 30.3 Å². The number of nitrogens with one attached hydrogen (secondary N) is 2. The van der Waals surface area contributed by atoms with Gasteiger partial charge in [-0.2, -0.15) is 13.2 Å². The predicted molar refractivity (Wildman–Crippen MR) is 129 cm³/mol. The fourth-order valence-electron chi connectivity index (χ4n) is 3.34. The molecule has 2 N–H and O–H groups in total. The maximum Gasteiger partial charge on any atom is 0.416 e. The standard InChI is InChI=1S/C25H21ClF4N2O4S/c1-2-37(35,36)19-8-3-15(4-9-19)13-31-23(33)16-6-10-22(27)20(11-16)24(34)32-14-17-5-7-18(26)12-21(17)25(28,29)30/h3-12H,2,13-14H2,1H3,(H,31,33)(H,32,34). The highest BCUT2D eigenvalue weighted by Crippen LogP contribution is 2.33. The van der Waals surface area contributed by atoms with Gasteiger partial charge >= 0.3 is 6.18 Å². The lowest BCUT2D eigenvalue weighted by Gasteiger charge is -2.14. The van der Waals surface area contributed by atoms with Crippen molar-refractivity contribution in [2.24, 2.45) is 0 Å². The Kier molecular flexibility index (Phi) is 8.60. The summed E-state index contributed by atoms with van der Waals surface area (Å²) in [6.45, 7) is 1.00. The second-order valence-electron chi connectivity index (χ2n) is 7.91. The van der Waals surface area contributed by atoms with Crippen LogP contribution in [0.3, 0.4) is 0 Å². The highest BCUT2D eigenvalue weighted by Gasteiger charge is 2.33. The lowest BCUT2D eigenvalue weighted by molar-refractivity contribution is -0.138. The van der Waals surface area contributed by atoms with E-state index in [9.17, 15) is 35.6 Å². The SMILES string of the molecule is CCS(=O)(=O)c1ccc(CNC(=O)c2ccc(F)c(C(=O)NCc3ccc(Cl)cc3C(F)(F)F)c2)cc1. The van der Waals surface area contributed by atoms with E-state index < -0.39 is 51.3 Å². The van der Waals surface area contributed by atoms with Crippen molar-refractivity contribution < 1.29 is 35.6 Å². The third-order valence-electron chi connectivity index (χ3n) is 5.41. The number of carbonyl (C=O) groups is 2. The molecule has 0 aromatic heterocycles. The fraction of sp³-hybridized carbons (Fsp3) is 0.200. The van der Waals surface area contributed by atoms with E-state index in [4.69, 9.17) is 11.6 Å². The molecule has 0 saturated carbocycles. The molecule has 196 valence electrons. The second kappa shape index (κ2) is 11.3. The first-order valence-corrected chi connectivity index (χ1v) is 12.9. The molecule has 0 bridgehead atoms. The summed E-state index contributed by atoms with van der Waals surface area (Å²) in [5.74, 6) is -2.67. The van der Waals surface area contributed by atoms with Gasteiger partial charge in [0.05, 0.1) is 21.8 Å². The summed E-state index contributed by atoms with van der Waals surface area (Å²) in [5, 5.41) is 4.68. The Labute approximate surface area is 215 Å². The normalized spacial score (nSPS) is 11.7. The van der Waals surface area contributed by atoms with Gasteiger partial charge in [-0.3, -0.25) is 9.59 Å². The number of carbonyl (C=O) groups excluding carboxylic acids is 2. The molecule has 0 aliphatic carbocycles. The van der Waals surface area contributed by atoms with Crippen LogP contribution in [0.15, 0.2) is 65.6 Å². The molecule has 6 nitrogen and oxygen atoms in total. The molecule has 0 aliphatic heterocycles. The summed E-state index contributed by atoms with van der Waals surface area (Å²) >= 11 is 5.65. The van der Waals surface area contributed by atoms with Crippen LogP contribution in [0.25, 0.3) is 0 Å². The van der Waals surface area contributed by atoms with Crippen molar-refractivity contribution in [2.45, 2.75) is 31.1 Å². The number of amides is 2. The minimum atomic E-state index is -4.71. The molecule has 0 spiro atoms. The molecule has 2 amide bonds. The van der Waals surface area contributed by atoms with Crippen LogP contribution in [0.4, 0.5) is 17.6 Å². The van der Waals surface area contributed by atoms with Gasteiger partial charge in [0, 0.05) is 23.7 Å². The molecular formula is C25H21ClF4N2O4S. The highest BCUT2D eigenvalue weighted by molar-refractivity contribution is 7.91. The van der Waals surface area contributed by atoms with Crippen LogP contribution in [0.5, 0.6) is 0 Å². The zero-order valence-electron chi connectivity index (χ0n) is 19.3. The van der Waals surface area contributed by atoms with Crippen molar-refractivity contribution in [3.05, 3.63) is 99.3 Å². The third kappa shape index (κ3) is 7.07. The largest absolute Gasteiger partial charge is 0.416 e. The number of sulfone groups is 1. The van der Waals surface area contributed by atoms with Crippen molar-refractivity contribution in [3.8, 4) is 0 Å². The predicted octanol–water partition coefficient (Wildman–Crippen LogP) is 5.15. The van der Waals surface area contributed by atoms with Gasteiger partial charge in [0.15, 0.2) is 9.84 Å². The van der Waals surface area contributed by atoms with Gasteiger partial charge in [-0.05, 0) is 53.6 Å². The monoisotopic (exact) mass is 556 g/mol. The first-order chi connectivity index (χ1) is 17.3. The zero-order chi connectivity index (χ0) is 27.4. The molecule has 37 heavy (non-hydrogen) atoms. The molecule has 0 radical (unpaired) electrons. The van der Waals surface area contributed by atoms with Gasteiger partial charge < -0.3 is 10.6 Å². The maximum atomic E-state index is 14.3. The fourth-order valence-corrected chi connectivity index (χ4v) is 4.40. The molecule has 0 unspecified atom stereocenters. The van der Waals surface area contributed by atoms with Crippen LogP contribution in [-0.4, -0.2) is 26.0 Å². The minimum Gasteiger partial charge on any atom is -0.348 e. The second-order valence-corrected chi connectivity index (χ2v) is 10.6. The Morgan fingerprint density at radius 1 is 0.892 bits per heavy atom. The van der Waals surface area contributed by atoms with Crippen molar-refractivity contribution in [3.63, 3.8) is 0 Å². The topological polar surface area (TPSA) is 92.3 Å². The minimum absolute atomic E-state index is 0.0287. The van der Waals surface area contributed by atoms with Gasteiger partial charge in [0.1, 0.15) is 5.82 Å². The third-order valence-corrected chi connectivity index (χ3v) is 7.39. The Balaban J connectivity index is 1.69. The number of alkyl halides is 3. The maximum absolute atomic E-state index is 14.3. The van der Waals surface area contributed by atoms with Crippen LogP contribution >= 0.6 is 11.6 Å². The van der Waals surface area contributed by atoms with E-state index in [2.05, 4.69) is 10.6 Å². The first-order valence-electron chi connectivity index (χ1n) is 10.8. The van der Waals surface area contributed by atoms with Gasteiger partial charge in [-0.1, -0.05) is 36.7 Å². The molecule has 12 heteroatoms. The smallest absolute Gasteiger partial charge is 0.348 e. The Morgan fingerprint density at radius 3 is 2.16 bits per heavy atom. The average molecular weight is 557 g/mol. The van der Waals surface area contributed by atoms with Crippen molar-refractivity contribution in [1.82, 2.24) is 10.6 Å². The summed E-state index contributed by atoms with van der Waals surface area (Å²) in [6.07, 6.45) is -4.71. The van der Waals surface area contributed by atoms with E-state index in [1.807, 2.05) is 0 Å². The summed E-state index contributed by atoms with van der Waals surface area (Å²) in [7, 11) is -3.36. The van der Waals surface area contributed by atoms with Gasteiger partial charge in [0.25, 0.3) is 11.8 Å². The molecule has 3 aromatic carbocycles. The Bertz CT molecular complexity index is 1430. The molecule has 3 rings (SSSR count). The lowest BCUT2D eigenvalue weighted by Crippen LogP contribution is -2.27. The van der Waals surface area contributed by atoms with Crippen LogP contribution < -0.4 is 10.6 Å². The van der Waals surface area contributed by atoms with Crippen molar-refractivity contribution >= 4 is 33.3 Å². The molecular weight excluding hydrogens is 536 g/mol. The molecule has 0 atom stereocenters. The average Bonchev–Trinajstić information content (AvgIpc) is 2.86.